The first-order valence-corrected chi connectivity index (χ1v) is 8.24. The third-order valence-electron chi connectivity index (χ3n) is 3.48. The average molecular weight is 304 g/mol. The van der Waals surface area contributed by atoms with Crippen LogP contribution < -0.4 is 0 Å². The summed E-state index contributed by atoms with van der Waals surface area (Å²) in [6, 6.07) is 6.88. The summed E-state index contributed by atoms with van der Waals surface area (Å²) in [5, 5.41) is 0. The molecule has 0 aromatic heterocycles. The maximum atomic E-state index is 12.6. The molecular formula is C13H18ClNO3S. The summed E-state index contributed by atoms with van der Waals surface area (Å²) in [6.07, 6.45) is 1.47. The molecular weight excluding hydrogens is 286 g/mol. The summed E-state index contributed by atoms with van der Waals surface area (Å²) in [7, 11) is -1.85. The molecule has 0 bridgehead atoms. The monoisotopic (exact) mass is 303 g/mol. The molecule has 19 heavy (non-hydrogen) atoms. The normalized spacial score (nSPS) is 17.8. The highest BCUT2D eigenvalue weighted by Crippen LogP contribution is 2.25. The number of sulfonamides is 1. The summed E-state index contributed by atoms with van der Waals surface area (Å²) in [6.45, 7) is 1.23. The van der Waals surface area contributed by atoms with E-state index in [1.165, 1.54) is 4.31 Å². The van der Waals surface area contributed by atoms with Gasteiger partial charge in [-0.05, 0) is 24.5 Å². The molecule has 1 saturated heterocycles. The molecule has 1 aromatic carbocycles. The highest BCUT2D eigenvalue weighted by molar-refractivity contribution is 7.89. The molecule has 1 aromatic rings. The van der Waals surface area contributed by atoms with Crippen molar-refractivity contribution in [1.29, 1.82) is 0 Å². The lowest BCUT2D eigenvalue weighted by molar-refractivity contribution is 0.0632. The van der Waals surface area contributed by atoms with Crippen molar-refractivity contribution < 1.29 is 13.2 Å². The van der Waals surface area contributed by atoms with E-state index in [2.05, 4.69) is 0 Å². The molecule has 0 aliphatic carbocycles. The molecule has 106 valence electrons. The fourth-order valence-corrected chi connectivity index (χ4v) is 4.21. The van der Waals surface area contributed by atoms with Crippen LogP contribution in [0, 0.1) is 0 Å². The fraction of sp³-hybridized carbons (Fsp3) is 0.538. The zero-order valence-electron chi connectivity index (χ0n) is 10.9. The van der Waals surface area contributed by atoms with Gasteiger partial charge in [-0.1, -0.05) is 18.2 Å². The van der Waals surface area contributed by atoms with Crippen molar-refractivity contribution in [2.75, 3.05) is 20.3 Å². The molecule has 2 rings (SSSR count). The Morgan fingerprint density at radius 1 is 1.32 bits per heavy atom. The second-order valence-electron chi connectivity index (χ2n) is 4.61. The van der Waals surface area contributed by atoms with Crippen LogP contribution in [0.5, 0.6) is 0 Å². The van der Waals surface area contributed by atoms with Gasteiger partial charge in [0.15, 0.2) is 0 Å². The van der Waals surface area contributed by atoms with E-state index in [1.807, 2.05) is 0 Å². The van der Waals surface area contributed by atoms with E-state index in [0.717, 1.165) is 12.8 Å². The van der Waals surface area contributed by atoms with E-state index in [-0.39, 0.29) is 11.9 Å². The van der Waals surface area contributed by atoms with Gasteiger partial charge in [-0.3, -0.25) is 0 Å². The predicted octanol–water partition coefficient (Wildman–Crippen LogP) is 2.22. The van der Waals surface area contributed by atoms with Crippen LogP contribution in [0.15, 0.2) is 29.2 Å². The number of rotatable bonds is 4. The van der Waals surface area contributed by atoms with Crippen LogP contribution in [0.4, 0.5) is 0 Å². The van der Waals surface area contributed by atoms with Crippen LogP contribution in [0.2, 0.25) is 0 Å². The van der Waals surface area contributed by atoms with E-state index in [1.54, 1.807) is 31.3 Å². The Balaban J connectivity index is 2.30. The van der Waals surface area contributed by atoms with E-state index in [4.69, 9.17) is 16.3 Å². The molecule has 1 aliphatic rings. The largest absolute Gasteiger partial charge is 0.381 e. The van der Waals surface area contributed by atoms with Crippen molar-refractivity contribution >= 4 is 21.6 Å². The Morgan fingerprint density at radius 3 is 2.58 bits per heavy atom. The Bertz CT molecular complexity index is 526. The third-order valence-corrected chi connectivity index (χ3v) is 5.78. The van der Waals surface area contributed by atoms with Crippen molar-refractivity contribution in [3.63, 3.8) is 0 Å². The molecule has 6 heteroatoms. The summed E-state index contributed by atoms with van der Waals surface area (Å²) in [5.41, 5.74) is 0.642. The average Bonchev–Trinajstić information content (AvgIpc) is 2.47. The summed E-state index contributed by atoms with van der Waals surface area (Å²) < 4.78 is 32.0. The molecule has 0 atom stereocenters. The van der Waals surface area contributed by atoms with Crippen molar-refractivity contribution in [3.8, 4) is 0 Å². The lowest BCUT2D eigenvalue weighted by Crippen LogP contribution is -2.40. The highest BCUT2D eigenvalue weighted by atomic mass is 35.5. The molecule has 1 aliphatic heterocycles. The molecule has 1 fully saturated rings. The maximum absolute atomic E-state index is 12.6. The topological polar surface area (TPSA) is 46.6 Å². The first-order valence-electron chi connectivity index (χ1n) is 6.27. The van der Waals surface area contributed by atoms with Crippen LogP contribution in [-0.2, 0) is 20.6 Å². The smallest absolute Gasteiger partial charge is 0.243 e. The molecule has 1 heterocycles. The quantitative estimate of drug-likeness (QED) is 0.801. The van der Waals surface area contributed by atoms with Gasteiger partial charge in [0, 0.05) is 32.2 Å². The van der Waals surface area contributed by atoms with Gasteiger partial charge in [0.2, 0.25) is 10.0 Å². The molecule has 0 radical (unpaired) electrons. The number of benzene rings is 1. The Hall–Kier alpha value is -0.620. The van der Waals surface area contributed by atoms with Crippen LogP contribution in [0.3, 0.4) is 0 Å². The van der Waals surface area contributed by atoms with Gasteiger partial charge in [0.25, 0.3) is 0 Å². The fourth-order valence-electron chi connectivity index (χ4n) is 2.27. The standard InChI is InChI=1S/C13H18ClNO3S/c1-15(12-6-8-18-9-7-12)19(16,17)13-5-3-2-4-11(13)10-14/h2-5,12H,6-10H2,1H3. The first-order chi connectivity index (χ1) is 9.07. The Labute approximate surface area is 119 Å². The Kier molecular flexibility index (Phi) is 4.84. The summed E-state index contributed by atoms with van der Waals surface area (Å²) in [4.78, 5) is 0.305. The van der Waals surface area contributed by atoms with E-state index >= 15 is 0 Å². The highest BCUT2D eigenvalue weighted by Gasteiger charge is 2.30. The van der Waals surface area contributed by atoms with Gasteiger partial charge in [0.1, 0.15) is 0 Å². The minimum atomic E-state index is -3.49. The first kappa shape index (κ1) is 14.8. The molecule has 0 saturated carbocycles. The van der Waals surface area contributed by atoms with Gasteiger partial charge in [-0.2, -0.15) is 4.31 Å². The summed E-state index contributed by atoms with van der Waals surface area (Å²) in [5.74, 6) is 0.191. The molecule has 0 N–H and O–H groups in total. The van der Waals surface area contributed by atoms with Crippen LogP contribution >= 0.6 is 11.6 Å². The number of hydrogen-bond donors (Lipinski definition) is 0. The van der Waals surface area contributed by atoms with Gasteiger partial charge in [-0.25, -0.2) is 8.42 Å². The molecule has 4 nitrogen and oxygen atoms in total. The molecule has 0 amide bonds. The number of halogens is 1. The molecule has 0 unspecified atom stereocenters. The lowest BCUT2D eigenvalue weighted by atomic mass is 10.1. The number of hydrogen-bond acceptors (Lipinski definition) is 3. The lowest BCUT2D eigenvalue weighted by Gasteiger charge is -2.30. The van der Waals surface area contributed by atoms with E-state index in [0.29, 0.717) is 23.7 Å². The van der Waals surface area contributed by atoms with Gasteiger partial charge in [0.05, 0.1) is 4.90 Å². The number of nitrogens with zero attached hydrogens (tertiary/aromatic N) is 1. The van der Waals surface area contributed by atoms with E-state index in [9.17, 15) is 8.42 Å². The van der Waals surface area contributed by atoms with Crippen molar-refractivity contribution in [2.45, 2.75) is 29.7 Å². The third kappa shape index (κ3) is 3.11. The van der Waals surface area contributed by atoms with Crippen molar-refractivity contribution in [2.24, 2.45) is 0 Å². The second-order valence-corrected chi connectivity index (χ2v) is 6.84. The molecule has 0 spiro atoms. The van der Waals surface area contributed by atoms with Crippen LogP contribution in [0.1, 0.15) is 18.4 Å². The minimum Gasteiger partial charge on any atom is -0.381 e. The predicted molar refractivity (Wildman–Crippen MR) is 74.8 cm³/mol. The zero-order chi connectivity index (χ0) is 13.9. The van der Waals surface area contributed by atoms with Crippen LogP contribution in [0.25, 0.3) is 0 Å². The minimum absolute atomic E-state index is 0.00197. The summed E-state index contributed by atoms with van der Waals surface area (Å²) >= 11 is 5.83. The van der Waals surface area contributed by atoms with Gasteiger partial charge in [-0.15, -0.1) is 11.6 Å². The maximum Gasteiger partial charge on any atom is 0.243 e. The Morgan fingerprint density at radius 2 is 1.95 bits per heavy atom. The van der Waals surface area contributed by atoms with Crippen LogP contribution in [-0.4, -0.2) is 39.0 Å². The van der Waals surface area contributed by atoms with Gasteiger partial charge >= 0.3 is 0 Å². The van der Waals surface area contributed by atoms with Crippen molar-refractivity contribution in [1.82, 2.24) is 4.31 Å². The van der Waals surface area contributed by atoms with Crippen molar-refractivity contribution in [3.05, 3.63) is 29.8 Å². The number of ether oxygens (including phenoxy) is 1. The zero-order valence-corrected chi connectivity index (χ0v) is 12.5. The van der Waals surface area contributed by atoms with E-state index < -0.39 is 10.0 Å². The SMILES string of the molecule is CN(C1CCOCC1)S(=O)(=O)c1ccccc1CCl. The second kappa shape index (κ2) is 6.22. The number of alkyl halides is 1. The van der Waals surface area contributed by atoms with Gasteiger partial charge < -0.3 is 4.74 Å².